The Morgan fingerprint density at radius 3 is 2.62 bits per heavy atom. The molecule has 1 saturated heterocycles. The van der Waals surface area contributed by atoms with Gasteiger partial charge in [0.25, 0.3) is 0 Å². The summed E-state index contributed by atoms with van der Waals surface area (Å²) in [6.07, 6.45) is 6.54. The SMILES string of the molecule is CC(c1ccnc(Nc2nc3ccc(C4=CN(CC5(C)CC5)N(C)C4)cc3[nH]2)c1)N1CCN(C(=O)OC(C)(C)C)CC1. The van der Waals surface area contributed by atoms with Gasteiger partial charge in [-0.05, 0) is 86.9 Å². The maximum absolute atomic E-state index is 12.5. The predicted molar refractivity (Wildman–Crippen MR) is 166 cm³/mol. The van der Waals surface area contributed by atoms with Crippen LogP contribution >= 0.6 is 0 Å². The summed E-state index contributed by atoms with van der Waals surface area (Å²) in [4.78, 5) is 29.4. The molecule has 10 heteroatoms. The summed E-state index contributed by atoms with van der Waals surface area (Å²) in [5, 5.41) is 8.05. The van der Waals surface area contributed by atoms with E-state index < -0.39 is 5.60 Å². The quantitative estimate of drug-likeness (QED) is 0.377. The van der Waals surface area contributed by atoms with Crippen molar-refractivity contribution in [3.05, 3.63) is 53.9 Å². The van der Waals surface area contributed by atoms with E-state index in [9.17, 15) is 4.79 Å². The van der Waals surface area contributed by atoms with E-state index in [1.807, 2.05) is 27.0 Å². The van der Waals surface area contributed by atoms with Gasteiger partial charge >= 0.3 is 6.09 Å². The molecule has 2 N–H and O–H groups in total. The molecule has 1 saturated carbocycles. The smallest absolute Gasteiger partial charge is 0.410 e. The zero-order chi connectivity index (χ0) is 29.6. The van der Waals surface area contributed by atoms with Gasteiger partial charge in [0.2, 0.25) is 5.95 Å². The number of H-pyrrole nitrogens is 1. The Kier molecular flexibility index (Phi) is 7.39. The number of aromatic nitrogens is 3. The van der Waals surface area contributed by atoms with Gasteiger partial charge < -0.3 is 24.9 Å². The number of benzene rings is 1. The second-order valence-corrected chi connectivity index (χ2v) is 13.5. The maximum Gasteiger partial charge on any atom is 0.410 e. The van der Waals surface area contributed by atoms with Crippen LogP contribution in [0, 0.1) is 5.41 Å². The maximum atomic E-state index is 12.5. The molecule has 2 fully saturated rings. The van der Waals surface area contributed by atoms with Crippen LogP contribution in [0.3, 0.4) is 0 Å². The highest BCUT2D eigenvalue weighted by atomic mass is 16.6. The Morgan fingerprint density at radius 1 is 1.14 bits per heavy atom. The van der Waals surface area contributed by atoms with E-state index in [4.69, 9.17) is 9.72 Å². The molecule has 2 aromatic heterocycles. The number of carbonyl (C=O) groups excluding carboxylic acids is 1. The van der Waals surface area contributed by atoms with Crippen molar-refractivity contribution >= 4 is 34.5 Å². The largest absolute Gasteiger partial charge is 0.444 e. The van der Waals surface area contributed by atoms with Crippen LogP contribution in [0.2, 0.25) is 0 Å². The summed E-state index contributed by atoms with van der Waals surface area (Å²) in [6.45, 7) is 15.2. The Labute approximate surface area is 248 Å². The van der Waals surface area contributed by atoms with Gasteiger partial charge in [-0.1, -0.05) is 13.0 Å². The van der Waals surface area contributed by atoms with E-state index in [2.05, 4.69) is 87.6 Å². The lowest BCUT2D eigenvalue weighted by Crippen LogP contribution is -2.50. The monoisotopic (exact) mass is 572 g/mol. The minimum Gasteiger partial charge on any atom is -0.444 e. The molecule has 2 aliphatic heterocycles. The van der Waals surface area contributed by atoms with Gasteiger partial charge in [0.15, 0.2) is 0 Å². The molecule has 0 bridgehead atoms. The molecule has 3 aromatic rings. The number of rotatable bonds is 7. The standard InChI is InChI=1S/C32H44N8O2/c1-22(38-13-15-39(16-14-38)30(41)42-31(2,3)4)23-9-12-33-28(18-23)36-29-34-26-8-7-24(17-27(26)35-29)25-19-37(6)40(20-25)21-32(5)10-11-32/h7-9,12,17-18,20,22H,10-11,13-16,19,21H2,1-6H3,(H2,33,34,35,36). The molecular weight excluding hydrogens is 528 g/mol. The lowest BCUT2D eigenvalue weighted by Gasteiger charge is -2.38. The molecule has 4 heterocycles. The molecule has 0 radical (unpaired) electrons. The van der Waals surface area contributed by atoms with Crippen molar-refractivity contribution in [2.75, 3.05) is 51.6 Å². The minimum atomic E-state index is -0.482. The Balaban J connectivity index is 1.09. The van der Waals surface area contributed by atoms with Gasteiger partial charge in [0.1, 0.15) is 11.4 Å². The van der Waals surface area contributed by atoms with Gasteiger partial charge in [-0.15, -0.1) is 0 Å². The van der Waals surface area contributed by atoms with Crippen molar-refractivity contribution in [2.45, 2.75) is 59.1 Å². The molecule has 6 rings (SSSR count). The Bertz CT molecular complexity index is 1480. The molecule has 42 heavy (non-hydrogen) atoms. The van der Waals surface area contributed by atoms with Crippen LogP contribution < -0.4 is 5.32 Å². The number of anilines is 2. The van der Waals surface area contributed by atoms with Gasteiger partial charge in [0, 0.05) is 64.8 Å². The van der Waals surface area contributed by atoms with Crippen LogP contribution in [-0.4, -0.2) is 92.8 Å². The van der Waals surface area contributed by atoms with Crippen molar-refractivity contribution in [3.63, 3.8) is 0 Å². The first-order valence-corrected chi connectivity index (χ1v) is 15.1. The molecule has 1 aromatic carbocycles. The first-order chi connectivity index (χ1) is 19.9. The summed E-state index contributed by atoms with van der Waals surface area (Å²) in [5.41, 5.74) is 5.61. The summed E-state index contributed by atoms with van der Waals surface area (Å²) in [6, 6.07) is 10.8. The zero-order valence-corrected chi connectivity index (χ0v) is 25.8. The van der Waals surface area contributed by atoms with Crippen molar-refractivity contribution in [1.29, 1.82) is 0 Å². The van der Waals surface area contributed by atoms with E-state index in [1.54, 1.807) is 4.90 Å². The third kappa shape index (κ3) is 6.39. The van der Waals surface area contributed by atoms with Crippen LogP contribution in [0.5, 0.6) is 0 Å². The number of fused-ring (bicyclic) bond motifs is 1. The fraction of sp³-hybridized carbons (Fsp3) is 0.531. The molecular formula is C32H44N8O2. The molecule has 1 atom stereocenters. The third-order valence-corrected chi connectivity index (χ3v) is 8.67. The number of pyridine rings is 1. The number of imidazole rings is 1. The summed E-state index contributed by atoms with van der Waals surface area (Å²) in [5.74, 6) is 1.42. The summed E-state index contributed by atoms with van der Waals surface area (Å²) < 4.78 is 5.55. The number of hydrazine groups is 1. The number of aromatic amines is 1. The fourth-order valence-electron chi connectivity index (χ4n) is 5.75. The molecule has 0 spiro atoms. The lowest BCUT2D eigenvalue weighted by atomic mass is 10.1. The zero-order valence-electron chi connectivity index (χ0n) is 25.8. The highest BCUT2D eigenvalue weighted by molar-refractivity contribution is 5.83. The lowest BCUT2D eigenvalue weighted by molar-refractivity contribution is 0.0110. The van der Waals surface area contributed by atoms with Gasteiger partial charge in [0.05, 0.1) is 11.0 Å². The Morgan fingerprint density at radius 2 is 1.90 bits per heavy atom. The normalized spacial score (nSPS) is 20.1. The molecule has 1 aliphatic carbocycles. The average Bonchev–Trinajstić information content (AvgIpc) is 3.36. The van der Waals surface area contributed by atoms with Gasteiger partial charge in [-0.25, -0.2) is 19.8 Å². The highest BCUT2D eigenvalue weighted by Crippen LogP contribution is 2.46. The number of likely N-dealkylation sites (N-methyl/N-ethyl adjacent to an activating group) is 1. The number of hydrogen-bond donors (Lipinski definition) is 2. The first-order valence-electron chi connectivity index (χ1n) is 15.1. The summed E-state index contributed by atoms with van der Waals surface area (Å²) in [7, 11) is 2.16. The predicted octanol–water partition coefficient (Wildman–Crippen LogP) is 5.62. The van der Waals surface area contributed by atoms with E-state index in [1.165, 1.54) is 29.5 Å². The van der Waals surface area contributed by atoms with E-state index in [-0.39, 0.29) is 12.1 Å². The van der Waals surface area contributed by atoms with Crippen molar-refractivity contribution in [2.24, 2.45) is 5.41 Å². The second-order valence-electron chi connectivity index (χ2n) is 13.5. The highest BCUT2D eigenvalue weighted by Gasteiger charge is 2.40. The van der Waals surface area contributed by atoms with Crippen molar-refractivity contribution in [3.8, 4) is 0 Å². The summed E-state index contributed by atoms with van der Waals surface area (Å²) >= 11 is 0. The van der Waals surface area contributed by atoms with Crippen LogP contribution in [0.15, 0.2) is 42.7 Å². The third-order valence-electron chi connectivity index (χ3n) is 8.67. The molecule has 1 unspecified atom stereocenters. The number of hydrogen-bond acceptors (Lipinski definition) is 8. The number of nitrogens with zero attached hydrogens (tertiary/aromatic N) is 6. The van der Waals surface area contributed by atoms with Gasteiger partial charge in [-0.2, -0.15) is 0 Å². The van der Waals surface area contributed by atoms with Crippen LogP contribution in [0.4, 0.5) is 16.6 Å². The topological polar surface area (TPSA) is 92.9 Å². The second kappa shape index (κ2) is 10.9. The molecule has 224 valence electrons. The van der Waals surface area contributed by atoms with E-state index in [0.29, 0.717) is 24.5 Å². The van der Waals surface area contributed by atoms with Crippen LogP contribution in [0.25, 0.3) is 16.6 Å². The molecule has 10 nitrogen and oxygen atoms in total. The van der Waals surface area contributed by atoms with Crippen molar-refractivity contribution in [1.82, 2.24) is 34.8 Å². The van der Waals surface area contributed by atoms with Gasteiger partial charge in [-0.3, -0.25) is 4.90 Å². The number of amides is 1. The number of piperazine rings is 1. The number of carbonyl (C=O) groups is 1. The van der Waals surface area contributed by atoms with Crippen molar-refractivity contribution < 1.29 is 9.53 Å². The number of ether oxygens (including phenoxy) is 1. The van der Waals surface area contributed by atoms with Crippen LogP contribution in [-0.2, 0) is 4.74 Å². The number of nitrogens with one attached hydrogen (secondary N) is 2. The fourth-order valence-corrected chi connectivity index (χ4v) is 5.75. The Hall–Kier alpha value is -3.63. The van der Waals surface area contributed by atoms with Crippen LogP contribution in [0.1, 0.15) is 64.6 Å². The first kappa shape index (κ1) is 28.5. The molecule has 3 aliphatic rings. The van der Waals surface area contributed by atoms with E-state index >= 15 is 0 Å². The van der Waals surface area contributed by atoms with E-state index in [0.717, 1.165) is 43.0 Å². The molecule has 1 amide bonds. The average molecular weight is 573 g/mol. The minimum absolute atomic E-state index is 0.187.